The van der Waals surface area contributed by atoms with E-state index >= 15 is 0 Å². The van der Waals surface area contributed by atoms with Crippen molar-refractivity contribution in [3.63, 3.8) is 0 Å². The van der Waals surface area contributed by atoms with Crippen LogP contribution in [0.2, 0.25) is 0 Å². The fourth-order valence-corrected chi connectivity index (χ4v) is 9.18. The number of rotatable bonds is 54. The quantitative estimate of drug-likeness (QED) is 0.0213. The maximum absolute atomic E-state index is 12.8. The van der Waals surface area contributed by atoms with Gasteiger partial charge in [-0.2, -0.15) is 0 Å². The van der Waals surface area contributed by atoms with Crippen molar-refractivity contribution in [1.82, 2.24) is 0 Å². The van der Waals surface area contributed by atoms with Crippen LogP contribution in [-0.4, -0.2) is 75.6 Å². The molecule has 0 aromatic heterocycles. The number of allylic oxidation sites excluding steroid dienone is 2. The highest BCUT2D eigenvalue weighted by Gasteiger charge is 2.26. The average molecular weight is 943 g/mol. The second-order valence-corrected chi connectivity index (χ2v) is 22.1. The van der Waals surface area contributed by atoms with Gasteiger partial charge >= 0.3 is 13.8 Å². The van der Waals surface area contributed by atoms with Crippen molar-refractivity contribution in [3.05, 3.63) is 12.2 Å². The second-order valence-electron chi connectivity index (χ2n) is 20.7. The van der Waals surface area contributed by atoms with E-state index in [-0.39, 0.29) is 25.8 Å². The van der Waals surface area contributed by atoms with Gasteiger partial charge in [-0.05, 0) is 38.5 Å². The molecule has 9 heteroatoms. The summed E-state index contributed by atoms with van der Waals surface area (Å²) in [4.78, 5) is 23.1. The molecule has 0 rings (SSSR count). The number of phosphoric acid groups is 1. The first-order valence-corrected chi connectivity index (χ1v) is 29.9. The van der Waals surface area contributed by atoms with E-state index in [0.717, 1.165) is 32.1 Å². The van der Waals surface area contributed by atoms with Crippen molar-refractivity contribution >= 4 is 13.8 Å². The van der Waals surface area contributed by atoms with Gasteiger partial charge in [-0.1, -0.05) is 251 Å². The van der Waals surface area contributed by atoms with Gasteiger partial charge in [-0.15, -0.1) is 0 Å². The fourth-order valence-electron chi connectivity index (χ4n) is 8.43. The van der Waals surface area contributed by atoms with Crippen molar-refractivity contribution < 1.29 is 37.3 Å². The molecular formula is C56H113NO7P+. The molecule has 0 saturated heterocycles. The number of unbranched alkanes of at least 4 members (excludes halogenated alkanes) is 38. The fraction of sp³-hybridized carbons (Fsp3) is 0.946. The lowest BCUT2D eigenvalue weighted by atomic mass is 10.0. The van der Waals surface area contributed by atoms with E-state index in [1.807, 2.05) is 21.1 Å². The Balaban J connectivity index is 4.04. The van der Waals surface area contributed by atoms with E-state index < -0.39 is 13.9 Å². The maximum Gasteiger partial charge on any atom is 0.472 e. The molecular weight excluding hydrogens is 830 g/mol. The Morgan fingerprint density at radius 1 is 0.462 bits per heavy atom. The predicted octanol–water partition coefficient (Wildman–Crippen LogP) is 17.7. The van der Waals surface area contributed by atoms with E-state index in [1.54, 1.807) is 0 Å². The van der Waals surface area contributed by atoms with Crippen LogP contribution in [0.15, 0.2) is 12.2 Å². The summed E-state index contributed by atoms with van der Waals surface area (Å²) in [7, 11) is 1.69. The molecule has 388 valence electrons. The van der Waals surface area contributed by atoms with E-state index in [4.69, 9.17) is 18.5 Å². The van der Waals surface area contributed by atoms with Gasteiger partial charge in [0.15, 0.2) is 0 Å². The number of carbonyl (C=O) groups is 1. The highest BCUT2D eigenvalue weighted by molar-refractivity contribution is 7.47. The first-order chi connectivity index (χ1) is 31.6. The van der Waals surface area contributed by atoms with Crippen LogP contribution in [0.1, 0.15) is 284 Å². The van der Waals surface area contributed by atoms with E-state index in [2.05, 4.69) is 26.0 Å². The van der Waals surface area contributed by atoms with Gasteiger partial charge in [0.1, 0.15) is 19.3 Å². The first-order valence-electron chi connectivity index (χ1n) is 28.4. The zero-order valence-electron chi connectivity index (χ0n) is 44.3. The van der Waals surface area contributed by atoms with Crippen molar-refractivity contribution in [1.29, 1.82) is 0 Å². The topological polar surface area (TPSA) is 91.3 Å². The molecule has 0 radical (unpaired) electrons. The molecule has 0 bridgehead atoms. The SMILES string of the molecule is CCCCCCCC/C=C\CCCCCCCCCCCCOCC(COP(=O)(O)OCC[N+](C)(C)C)OC(=O)CCCCCCCCCCCCCCCCCCCCCCCCC. The number of quaternary nitrogens is 1. The monoisotopic (exact) mass is 943 g/mol. The second kappa shape index (κ2) is 49.7. The number of likely N-dealkylation sites (N-methyl/N-ethyl adjacent to an activating group) is 1. The summed E-state index contributed by atoms with van der Waals surface area (Å²) in [6.45, 7) is 5.69. The van der Waals surface area contributed by atoms with Crippen LogP contribution in [0.4, 0.5) is 0 Å². The highest BCUT2D eigenvalue weighted by atomic mass is 31.2. The Kier molecular flexibility index (Phi) is 49.1. The van der Waals surface area contributed by atoms with Crippen molar-refractivity contribution in [2.24, 2.45) is 0 Å². The third-order valence-corrected chi connectivity index (χ3v) is 13.8. The Morgan fingerprint density at radius 3 is 1.17 bits per heavy atom. The standard InChI is InChI=1S/C56H112NO7P/c1-6-8-10-12-14-16-18-20-22-24-26-28-29-30-31-33-35-37-39-41-43-45-47-49-56(58)64-55(54-63-65(59,60)62-52-50-57(3,4)5)53-61-51-48-46-44-42-40-38-36-34-32-27-25-23-21-19-17-15-13-11-9-7-2/h21,23,55H,6-20,22,24-54H2,1-5H3/p+1/b23-21-. The molecule has 0 aromatic rings. The smallest absolute Gasteiger partial charge is 0.457 e. The lowest BCUT2D eigenvalue weighted by Crippen LogP contribution is -2.37. The summed E-state index contributed by atoms with van der Waals surface area (Å²) in [5.41, 5.74) is 0. The van der Waals surface area contributed by atoms with Crippen molar-refractivity contribution in [3.8, 4) is 0 Å². The number of carbonyl (C=O) groups excluding carboxylic acids is 1. The molecule has 2 unspecified atom stereocenters. The average Bonchev–Trinajstić information content (AvgIpc) is 3.27. The number of hydrogen-bond donors (Lipinski definition) is 1. The first kappa shape index (κ1) is 64.2. The molecule has 0 aliphatic carbocycles. The number of phosphoric ester groups is 1. The zero-order valence-corrected chi connectivity index (χ0v) is 45.2. The number of ether oxygens (including phenoxy) is 2. The van der Waals surface area contributed by atoms with Gasteiger partial charge in [-0.3, -0.25) is 13.8 Å². The summed E-state index contributed by atoms with van der Waals surface area (Å²) in [6, 6.07) is 0. The normalized spacial score (nSPS) is 13.5. The third-order valence-electron chi connectivity index (χ3n) is 12.8. The molecule has 1 N–H and O–H groups in total. The van der Waals surface area contributed by atoms with Crippen LogP contribution >= 0.6 is 7.82 Å². The molecule has 0 heterocycles. The number of nitrogens with zero attached hydrogens (tertiary/aromatic N) is 1. The van der Waals surface area contributed by atoms with E-state index in [9.17, 15) is 14.3 Å². The molecule has 65 heavy (non-hydrogen) atoms. The van der Waals surface area contributed by atoms with Gasteiger partial charge in [0.2, 0.25) is 0 Å². The Hall–Kier alpha value is -0.760. The van der Waals surface area contributed by atoms with Gasteiger partial charge in [0.05, 0.1) is 34.4 Å². The molecule has 0 fully saturated rings. The van der Waals surface area contributed by atoms with Crippen LogP contribution in [0.3, 0.4) is 0 Å². The summed E-state index contributed by atoms with van der Waals surface area (Å²) in [5.74, 6) is -0.305. The lowest BCUT2D eigenvalue weighted by molar-refractivity contribution is -0.870. The van der Waals surface area contributed by atoms with E-state index in [1.165, 1.54) is 231 Å². The summed E-state index contributed by atoms with van der Waals surface area (Å²) >= 11 is 0. The minimum atomic E-state index is -4.28. The summed E-state index contributed by atoms with van der Waals surface area (Å²) in [6.07, 6.45) is 58.4. The van der Waals surface area contributed by atoms with Gasteiger partial charge in [0, 0.05) is 13.0 Å². The largest absolute Gasteiger partial charge is 0.472 e. The minimum Gasteiger partial charge on any atom is -0.457 e. The Morgan fingerprint density at radius 2 is 0.800 bits per heavy atom. The summed E-state index contributed by atoms with van der Waals surface area (Å²) in [5, 5.41) is 0. The Labute approximate surface area is 405 Å². The molecule has 0 amide bonds. The van der Waals surface area contributed by atoms with Crippen LogP contribution < -0.4 is 0 Å². The number of hydrogen-bond acceptors (Lipinski definition) is 6. The molecule has 0 saturated carbocycles. The van der Waals surface area contributed by atoms with E-state index in [0.29, 0.717) is 24.1 Å². The number of esters is 1. The molecule has 0 aliphatic rings. The third kappa shape index (κ3) is 54.1. The predicted molar refractivity (Wildman–Crippen MR) is 280 cm³/mol. The molecule has 8 nitrogen and oxygen atoms in total. The zero-order chi connectivity index (χ0) is 47.6. The van der Waals surface area contributed by atoms with Crippen molar-refractivity contribution in [2.75, 3.05) is 54.1 Å². The molecule has 0 aromatic carbocycles. The van der Waals surface area contributed by atoms with Gasteiger partial charge in [0.25, 0.3) is 0 Å². The van der Waals surface area contributed by atoms with Crippen molar-refractivity contribution in [2.45, 2.75) is 290 Å². The van der Waals surface area contributed by atoms with Crippen LogP contribution in [-0.2, 0) is 27.9 Å². The highest BCUT2D eigenvalue weighted by Crippen LogP contribution is 2.43. The molecule has 0 aliphatic heterocycles. The minimum absolute atomic E-state index is 0.0923. The Bertz CT molecular complexity index is 1050. The summed E-state index contributed by atoms with van der Waals surface area (Å²) < 4.78 is 35.3. The van der Waals surface area contributed by atoms with Gasteiger partial charge < -0.3 is 18.9 Å². The lowest BCUT2D eigenvalue weighted by Gasteiger charge is -2.24. The van der Waals surface area contributed by atoms with Crippen LogP contribution in [0.5, 0.6) is 0 Å². The van der Waals surface area contributed by atoms with Crippen LogP contribution in [0.25, 0.3) is 0 Å². The maximum atomic E-state index is 12.8. The molecule has 2 atom stereocenters. The van der Waals surface area contributed by atoms with Gasteiger partial charge in [-0.25, -0.2) is 4.57 Å². The molecule has 0 spiro atoms. The van der Waals surface area contributed by atoms with Crippen LogP contribution in [0, 0.1) is 0 Å².